The summed E-state index contributed by atoms with van der Waals surface area (Å²) in [5.41, 5.74) is 7.82. The van der Waals surface area contributed by atoms with E-state index in [9.17, 15) is 4.79 Å². The molecular weight excluding hydrogens is 486 g/mol. The summed E-state index contributed by atoms with van der Waals surface area (Å²) < 4.78 is 11.2. The number of benzene rings is 2. The van der Waals surface area contributed by atoms with Gasteiger partial charge >= 0.3 is 0 Å². The van der Waals surface area contributed by atoms with Crippen molar-refractivity contribution in [2.45, 2.75) is 45.5 Å². The first-order chi connectivity index (χ1) is 17.8. The Bertz CT molecular complexity index is 1550. The number of rotatable bonds is 7. The van der Waals surface area contributed by atoms with E-state index in [-0.39, 0.29) is 18.4 Å². The Labute approximate surface area is 220 Å². The molecule has 0 fully saturated rings. The number of fused-ring (bicyclic) bond motifs is 1. The van der Waals surface area contributed by atoms with E-state index in [0.29, 0.717) is 28.3 Å². The predicted molar refractivity (Wildman–Crippen MR) is 144 cm³/mol. The Kier molecular flexibility index (Phi) is 6.85. The number of furan rings is 1. The average molecular weight is 514 g/mol. The van der Waals surface area contributed by atoms with Gasteiger partial charge in [-0.3, -0.25) is 4.79 Å². The highest BCUT2D eigenvalue weighted by Gasteiger charge is 2.24. The summed E-state index contributed by atoms with van der Waals surface area (Å²) in [7, 11) is 0. The number of amides is 1. The smallest absolute Gasteiger partial charge is 0.226 e. The molecule has 6 nitrogen and oxygen atoms in total. The molecule has 0 saturated carbocycles. The normalized spacial score (nSPS) is 13.0. The van der Waals surface area contributed by atoms with Crippen molar-refractivity contribution in [3.8, 4) is 0 Å². The largest absolute Gasteiger partial charge is 0.457 e. The van der Waals surface area contributed by atoms with E-state index < -0.39 is 5.38 Å². The predicted octanol–water partition coefficient (Wildman–Crippen LogP) is 6.83. The molecule has 2 aromatic carbocycles. The maximum atomic E-state index is 13.2. The van der Waals surface area contributed by atoms with E-state index >= 15 is 0 Å². The standard InChI is InChI=1S/C30H28ClN3O3/c1-17-10-12-23(18(2)14-17)30(21-8-6-5-7-9-21)33-27(35)15-22-11-13-25-24(32-22)16-26(36-25)29(31)28-19(3)34-37-20(28)4/h5-14,16,29-30H,15H2,1-4H3,(H,33,35)/t29?,30-/m0/s1. The van der Waals surface area contributed by atoms with Crippen LogP contribution in [-0.2, 0) is 11.2 Å². The highest BCUT2D eigenvalue weighted by molar-refractivity contribution is 6.22. The molecule has 3 aromatic heterocycles. The van der Waals surface area contributed by atoms with Crippen molar-refractivity contribution in [3.63, 3.8) is 0 Å². The van der Waals surface area contributed by atoms with Crippen molar-refractivity contribution in [2.75, 3.05) is 0 Å². The number of carbonyl (C=O) groups excluding carboxylic acids is 1. The molecule has 0 saturated heterocycles. The van der Waals surface area contributed by atoms with Gasteiger partial charge in [-0.25, -0.2) is 4.98 Å². The molecule has 2 atom stereocenters. The van der Waals surface area contributed by atoms with Crippen LogP contribution in [-0.4, -0.2) is 16.0 Å². The molecule has 7 heteroatoms. The zero-order chi connectivity index (χ0) is 26.1. The number of halogens is 1. The third-order valence-corrected chi connectivity index (χ3v) is 6.99. The Morgan fingerprint density at radius 3 is 2.49 bits per heavy atom. The zero-order valence-corrected chi connectivity index (χ0v) is 22.0. The fourth-order valence-corrected chi connectivity index (χ4v) is 5.13. The summed E-state index contributed by atoms with van der Waals surface area (Å²) in [6, 6.07) is 21.5. The van der Waals surface area contributed by atoms with Gasteiger partial charge in [0.15, 0.2) is 5.58 Å². The molecule has 1 N–H and O–H groups in total. The topological polar surface area (TPSA) is 81.2 Å². The second kappa shape index (κ2) is 10.2. The quantitative estimate of drug-likeness (QED) is 0.241. The van der Waals surface area contributed by atoms with Gasteiger partial charge in [0.05, 0.1) is 23.9 Å². The van der Waals surface area contributed by atoms with Crippen LogP contribution in [0, 0.1) is 27.7 Å². The molecule has 1 unspecified atom stereocenters. The summed E-state index contributed by atoms with van der Waals surface area (Å²) in [6.07, 6.45) is 0.138. The maximum Gasteiger partial charge on any atom is 0.226 e. The molecule has 0 aliphatic rings. The van der Waals surface area contributed by atoms with Gasteiger partial charge in [0.25, 0.3) is 0 Å². The lowest BCUT2D eigenvalue weighted by atomic mass is 9.93. The summed E-state index contributed by atoms with van der Waals surface area (Å²) in [6.45, 7) is 7.81. The minimum atomic E-state index is -0.545. The van der Waals surface area contributed by atoms with Gasteiger partial charge in [0.1, 0.15) is 22.4 Å². The van der Waals surface area contributed by atoms with E-state index in [0.717, 1.165) is 27.9 Å². The minimum Gasteiger partial charge on any atom is -0.457 e. The van der Waals surface area contributed by atoms with E-state index in [2.05, 4.69) is 47.5 Å². The van der Waals surface area contributed by atoms with Crippen LogP contribution in [0.15, 0.2) is 75.7 Å². The van der Waals surface area contributed by atoms with E-state index in [1.807, 2.05) is 62.4 Å². The fourth-order valence-electron chi connectivity index (χ4n) is 4.71. The Morgan fingerprint density at radius 2 is 1.78 bits per heavy atom. The number of hydrogen-bond acceptors (Lipinski definition) is 5. The monoisotopic (exact) mass is 513 g/mol. The summed E-state index contributed by atoms with van der Waals surface area (Å²) in [5.74, 6) is 1.09. The molecule has 0 aliphatic carbocycles. The first-order valence-electron chi connectivity index (χ1n) is 12.2. The zero-order valence-electron chi connectivity index (χ0n) is 21.2. The van der Waals surface area contributed by atoms with E-state index in [1.165, 1.54) is 5.56 Å². The van der Waals surface area contributed by atoms with Gasteiger partial charge in [-0.15, -0.1) is 11.6 Å². The van der Waals surface area contributed by atoms with Gasteiger partial charge < -0.3 is 14.3 Å². The molecule has 0 bridgehead atoms. The van der Waals surface area contributed by atoms with Crippen LogP contribution in [0.2, 0.25) is 0 Å². The Balaban J connectivity index is 1.37. The van der Waals surface area contributed by atoms with Crippen LogP contribution in [0.4, 0.5) is 0 Å². The SMILES string of the molecule is Cc1ccc([C@@H](NC(=O)Cc2ccc3oc(C(Cl)c4c(C)noc4C)cc3n2)c2ccccc2)c(C)c1. The highest BCUT2D eigenvalue weighted by atomic mass is 35.5. The fraction of sp³-hybridized carbons (Fsp3) is 0.233. The molecule has 188 valence electrons. The first-order valence-corrected chi connectivity index (χ1v) is 12.6. The van der Waals surface area contributed by atoms with Crippen molar-refractivity contribution in [1.82, 2.24) is 15.5 Å². The van der Waals surface area contributed by atoms with Crippen molar-refractivity contribution >= 4 is 28.6 Å². The Hall–Kier alpha value is -3.90. The summed E-state index contributed by atoms with van der Waals surface area (Å²) in [5, 5.41) is 6.65. The van der Waals surface area contributed by atoms with Crippen LogP contribution in [0.3, 0.4) is 0 Å². The number of carbonyl (C=O) groups is 1. The molecule has 5 rings (SSSR count). The second-order valence-corrected chi connectivity index (χ2v) is 9.82. The van der Waals surface area contributed by atoms with Gasteiger partial charge in [0, 0.05) is 11.6 Å². The van der Waals surface area contributed by atoms with Crippen LogP contribution in [0.25, 0.3) is 11.1 Å². The third kappa shape index (κ3) is 5.16. The van der Waals surface area contributed by atoms with Gasteiger partial charge in [-0.2, -0.15) is 0 Å². The lowest BCUT2D eigenvalue weighted by molar-refractivity contribution is -0.121. The maximum absolute atomic E-state index is 13.2. The van der Waals surface area contributed by atoms with Crippen molar-refractivity contribution in [3.05, 3.63) is 117 Å². The first kappa shape index (κ1) is 24.8. The van der Waals surface area contributed by atoms with E-state index in [4.69, 9.17) is 20.5 Å². The lowest BCUT2D eigenvalue weighted by Gasteiger charge is -2.22. The number of aryl methyl sites for hydroxylation is 4. The second-order valence-electron chi connectivity index (χ2n) is 9.38. The minimum absolute atomic E-state index is 0.115. The molecule has 1 amide bonds. The Morgan fingerprint density at radius 1 is 1.00 bits per heavy atom. The molecule has 3 heterocycles. The number of hydrogen-bond donors (Lipinski definition) is 1. The molecular formula is C30H28ClN3O3. The van der Waals surface area contributed by atoms with Crippen molar-refractivity contribution < 1.29 is 13.7 Å². The van der Waals surface area contributed by atoms with Gasteiger partial charge in [-0.05, 0) is 56.5 Å². The molecule has 37 heavy (non-hydrogen) atoms. The number of nitrogens with zero attached hydrogens (tertiary/aromatic N) is 2. The van der Waals surface area contributed by atoms with E-state index in [1.54, 1.807) is 0 Å². The number of nitrogens with one attached hydrogen (secondary N) is 1. The number of aromatic nitrogens is 2. The highest BCUT2D eigenvalue weighted by Crippen LogP contribution is 2.36. The molecule has 0 aliphatic heterocycles. The summed E-state index contributed by atoms with van der Waals surface area (Å²) >= 11 is 6.69. The van der Waals surface area contributed by atoms with Gasteiger partial charge in [-0.1, -0.05) is 59.3 Å². The average Bonchev–Trinajstić information content (AvgIpc) is 3.45. The van der Waals surface area contributed by atoms with Crippen LogP contribution in [0.1, 0.15) is 62.1 Å². The number of pyridine rings is 1. The summed E-state index contributed by atoms with van der Waals surface area (Å²) in [4.78, 5) is 17.9. The lowest BCUT2D eigenvalue weighted by Crippen LogP contribution is -2.31. The third-order valence-electron chi connectivity index (χ3n) is 6.56. The molecule has 0 radical (unpaired) electrons. The molecule has 5 aromatic rings. The van der Waals surface area contributed by atoms with Crippen LogP contribution in [0.5, 0.6) is 0 Å². The van der Waals surface area contributed by atoms with Crippen LogP contribution >= 0.6 is 11.6 Å². The van der Waals surface area contributed by atoms with Crippen molar-refractivity contribution in [2.24, 2.45) is 0 Å². The number of alkyl halides is 1. The molecule has 0 spiro atoms. The van der Waals surface area contributed by atoms with Crippen LogP contribution < -0.4 is 5.32 Å². The van der Waals surface area contributed by atoms with Gasteiger partial charge in [0.2, 0.25) is 5.91 Å². The van der Waals surface area contributed by atoms with Crippen molar-refractivity contribution in [1.29, 1.82) is 0 Å².